The van der Waals surface area contributed by atoms with E-state index in [1.165, 1.54) is 12.6 Å². The van der Waals surface area contributed by atoms with E-state index in [2.05, 4.69) is 34.6 Å². The minimum Gasteiger partial charge on any atom is -0.506 e. The SMILES string of the molecule is NCc1c(O)cncc1[C@H](NC(=O)C1CCCCC1)c1ccc2ccccc2c1. The second kappa shape index (κ2) is 8.62. The summed E-state index contributed by atoms with van der Waals surface area (Å²) < 4.78 is 0. The van der Waals surface area contributed by atoms with Gasteiger partial charge in [-0.3, -0.25) is 9.78 Å². The Balaban J connectivity index is 1.75. The molecule has 1 amide bonds. The maximum atomic E-state index is 13.1. The first-order valence-electron chi connectivity index (χ1n) is 10.3. The molecule has 0 aliphatic heterocycles. The summed E-state index contributed by atoms with van der Waals surface area (Å²) in [6.07, 6.45) is 8.35. The van der Waals surface area contributed by atoms with Gasteiger partial charge in [-0.15, -0.1) is 0 Å². The van der Waals surface area contributed by atoms with E-state index in [0.29, 0.717) is 5.56 Å². The van der Waals surface area contributed by atoms with Crippen LogP contribution in [0.4, 0.5) is 0 Å². The van der Waals surface area contributed by atoms with Gasteiger partial charge in [0, 0.05) is 29.8 Å². The van der Waals surface area contributed by atoms with Gasteiger partial charge in [-0.25, -0.2) is 0 Å². The van der Waals surface area contributed by atoms with Crippen molar-refractivity contribution >= 4 is 16.7 Å². The van der Waals surface area contributed by atoms with Crippen molar-refractivity contribution in [3.8, 4) is 5.75 Å². The van der Waals surface area contributed by atoms with Crippen molar-refractivity contribution in [3.63, 3.8) is 0 Å². The Morgan fingerprint density at radius 2 is 1.86 bits per heavy atom. The number of nitrogens with zero attached hydrogens (tertiary/aromatic N) is 1. The van der Waals surface area contributed by atoms with Gasteiger partial charge in [0.05, 0.1) is 12.2 Å². The number of benzene rings is 2. The number of rotatable bonds is 5. The van der Waals surface area contributed by atoms with Crippen molar-refractivity contribution in [2.75, 3.05) is 0 Å². The fourth-order valence-electron chi connectivity index (χ4n) is 4.32. The van der Waals surface area contributed by atoms with Gasteiger partial charge in [-0.05, 0) is 35.2 Å². The van der Waals surface area contributed by atoms with Gasteiger partial charge in [0.1, 0.15) is 5.75 Å². The third-order valence-corrected chi connectivity index (χ3v) is 5.95. The van der Waals surface area contributed by atoms with E-state index in [0.717, 1.165) is 47.6 Å². The fourth-order valence-corrected chi connectivity index (χ4v) is 4.32. The molecule has 3 aromatic rings. The average Bonchev–Trinajstić information content (AvgIpc) is 2.77. The van der Waals surface area contributed by atoms with Gasteiger partial charge in [0.25, 0.3) is 0 Å². The number of aromatic hydroxyl groups is 1. The topological polar surface area (TPSA) is 88.2 Å². The van der Waals surface area contributed by atoms with Crippen LogP contribution in [0.25, 0.3) is 10.8 Å². The van der Waals surface area contributed by atoms with Crippen LogP contribution in [-0.4, -0.2) is 16.0 Å². The number of carbonyl (C=O) groups excluding carboxylic acids is 1. The molecule has 5 heteroatoms. The second-order valence-electron chi connectivity index (χ2n) is 7.81. The molecular formula is C24H27N3O2. The van der Waals surface area contributed by atoms with E-state index in [1.807, 2.05) is 18.2 Å². The number of fused-ring (bicyclic) bond motifs is 1. The van der Waals surface area contributed by atoms with Crippen LogP contribution < -0.4 is 11.1 Å². The molecule has 1 saturated carbocycles. The van der Waals surface area contributed by atoms with Crippen molar-refractivity contribution in [1.29, 1.82) is 0 Å². The highest BCUT2D eigenvalue weighted by Gasteiger charge is 2.27. The summed E-state index contributed by atoms with van der Waals surface area (Å²) in [6.45, 7) is 0.174. The van der Waals surface area contributed by atoms with Gasteiger partial charge in [-0.1, -0.05) is 55.7 Å². The zero-order valence-corrected chi connectivity index (χ0v) is 16.5. The van der Waals surface area contributed by atoms with Crippen LogP contribution in [0.1, 0.15) is 54.8 Å². The molecule has 1 fully saturated rings. The molecular weight excluding hydrogens is 362 g/mol. The Kier molecular flexibility index (Phi) is 5.76. The number of amides is 1. The lowest BCUT2D eigenvalue weighted by atomic mass is 9.87. The van der Waals surface area contributed by atoms with Gasteiger partial charge < -0.3 is 16.2 Å². The molecule has 1 atom stereocenters. The number of nitrogens with two attached hydrogens (primary N) is 1. The molecule has 1 aliphatic carbocycles. The molecule has 150 valence electrons. The fraction of sp³-hybridized carbons (Fsp3) is 0.333. The van der Waals surface area contributed by atoms with Crippen LogP contribution in [-0.2, 0) is 11.3 Å². The third-order valence-electron chi connectivity index (χ3n) is 5.95. The van der Waals surface area contributed by atoms with Crippen molar-refractivity contribution in [3.05, 3.63) is 71.5 Å². The Hall–Kier alpha value is -2.92. The molecule has 5 nitrogen and oxygen atoms in total. The lowest BCUT2D eigenvalue weighted by molar-refractivity contribution is -0.126. The highest BCUT2D eigenvalue weighted by molar-refractivity contribution is 5.84. The molecule has 0 bridgehead atoms. The lowest BCUT2D eigenvalue weighted by Gasteiger charge is -2.27. The summed E-state index contributed by atoms with van der Waals surface area (Å²) in [5.41, 5.74) is 8.24. The number of nitrogens with one attached hydrogen (secondary N) is 1. The molecule has 0 unspecified atom stereocenters. The average molecular weight is 389 g/mol. The normalized spacial score (nSPS) is 15.9. The summed E-state index contributed by atoms with van der Waals surface area (Å²) >= 11 is 0. The Morgan fingerprint density at radius 3 is 2.62 bits per heavy atom. The van der Waals surface area contributed by atoms with Crippen LogP contribution in [0.3, 0.4) is 0 Å². The summed E-state index contributed by atoms with van der Waals surface area (Å²) in [7, 11) is 0. The van der Waals surface area contributed by atoms with E-state index >= 15 is 0 Å². The molecule has 29 heavy (non-hydrogen) atoms. The largest absolute Gasteiger partial charge is 0.506 e. The van der Waals surface area contributed by atoms with E-state index in [9.17, 15) is 9.90 Å². The molecule has 1 aliphatic rings. The number of hydrogen-bond acceptors (Lipinski definition) is 4. The quantitative estimate of drug-likeness (QED) is 0.611. The van der Waals surface area contributed by atoms with Crippen LogP contribution in [0.15, 0.2) is 54.9 Å². The number of hydrogen-bond donors (Lipinski definition) is 3. The molecule has 4 rings (SSSR count). The predicted molar refractivity (Wildman–Crippen MR) is 114 cm³/mol. The van der Waals surface area contributed by atoms with Crippen molar-refractivity contribution < 1.29 is 9.90 Å². The summed E-state index contributed by atoms with van der Waals surface area (Å²) in [4.78, 5) is 17.2. The minimum atomic E-state index is -0.410. The molecule has 1 aromatic heterocycles. The Morgan fingerprint density at radius 1 is 1.10 bits per heavy atom. The zero-order valence-electron chi connectivity index (χ0n) is 16.5. The van der Waals surface area contributed by atoms with Gasteiger partial charge in [0.2, 0.25) is 5.91 Å². The standard InChI is InChI=1S/C24H27N3O2/c25-13-20-21(14-26-15-22(20)28)23(27-24(29)17-7-2-1-3-8-17)19-11-10-16-6-4-5-9-18(16)12-19/h4-6,9-12,14-15,17,23,28H,1-3,7-8,13,25H2,(H,27,29)/t23-/m1/s1. The van der Waals surface area contributed by atoms with Crippen LogP contribution in [0, 0.1) is 5.92 Å². The van der Waals surface area contributed by atoms with Gasteiger partial charge in [-0.2, -0.15) is 0 Å². The molecule has 0 spiro atoms. The molecule has 0 saturated heterocycles. The summed E-state index contributed by atoms with van der Waals surface area (Å²) in [5.74, 6) is 0.162. The zero-order chi connectivity index (χ0) is 20.2. The van der Waals surface area contributed by atoms with E-state index in [1.54, 1.807) is 6.20 Å². The summed E-state index contributed by atoms with van der Waals surface area (Å²) in [5, 5.41) is 15.8. The molecule has 1 heterocycles. The van der Waals surface area contributed by atoms with Gasteiger partial charge in [0.15, 0.2) is 0 Å². The molecule has 2 aromatic carbocycles. The summed E-state index contributed by atoms with van der Waals surface area (Å²) in [6, 6.07) is 13.9. The number of carbonyl (C=O) groups is 1. The first-order valence-corrected chi connectivity index (χ1v) is 10.3. The monoisotopic (exact) mass is 389 g/mol. The van der Waals surface area contributed by atoms with E-state index in [-0.39, 0.29) is 24.1 Å². The van der Waals surface area contributed by atoms with E-state index < -0.39 is 6.04 Å². The number of aromatic nitrogens is 1. The Bertz CT molecular complexity index is 1010. The van der Waals surface area contributed by atoms with Crippen molar-refractivity contribution in [2.24, 2.45) is 11.7 Å². The smallest absolute Gasteiger partial charge is 0.223 e. The first kappa shape index (κ1) is 19.4. The maximum Gasteiger partial charge on any atom is 0.223 e. The third kappa shape index (κ3) is 4.10. The molecule has 0 radical (unpaired) electrons. The minimum absolute atomic E-state index is 0.0401. The second-order valence-corrected chi connectivity index (χ2v) is 7.81. The van der Waals surface area contributed by atoms with Crippen LogP contribution in [0.2, 0.25) is 0 Å². The predicted octanol–water partition coefficient (Wildman–Crippen LogP) is 4.19. The Labute approximate surface area is 171 Å². The van der Waals surface area contributed by atoms with E-state index in [4.69, 9.17) is 5.73 Å². The van der Waals surface area contributed by atoms with Crippen molar-refractivity contribution in [1.82, 2.24) is 10.3 Å². The first-order chi connectivity index (χ1) is 14.2. The number of pyridine rings is 1. The van der Waals surface area contributed by atoms with Crippen LogP contribution >= 0.6 is 0 Å². The van der Waals surface area contributed by atoms with Crippen molar-refractivity contribution in [2.45, 2.75) is 44.7 Å². The van der Waals surface area contributed by atoms with Crippen LogP contribution in [0.5, 0.6) is 5.75 Å². The lowest BCUT2D eigenvalue weighted by Crippen LogP contribution is -2.36. The van der Waals surface area contributed by atoms with Gasteiger partial charge >= 0.3 is 0 Å². The maximum absolute atomic E-state index is 13.1. The highest BCUT2D eigenvalue weighted by Crippen LogP contribution is 2.32. The molecule has 4 N–H and O–H groups in total. The highest BCUT2D eigenvalue weighted by atomic mass is 16.3.